The van der Waals surface area contributed by atoms with Crippen LogP contribution in [0.1, 0.15) is 38.5 Å². The van der Waals surface area contributed by atoms with Gasteiger partial charge in [0.15, 0.2) is 0 Å². The van der Waals surface area contributed by atoms with Gasteiger partial charge in [-0.25, -0.2) is 0 Å². The largest absolute Gasteiger partial charge is 0.481 e. The number of ether oxygens (including phenoxy) is 1. The van der Waals surface area contributed by atoms with E-state index >= 15 is 0 Å². The van der Waals surface area contributed by atoms with Crippen LogP contribution in [0.25, 0.3) is 0 Å². The zero-order chi connectivity index (χ0) is 12.0. The Labute approximate surface area is 93.6 Å². The molecule has 0 aliphatic carbocycles. The lowest BCUT2D eigenvalue weighted by Gasteiger charge is -2.02. The molecule has 0 aliphatic heterocycles. The molecule has 1 aromatic rings. The summed E-state index contributed by atoms with van der Waals surface area (Å²) in [7, 11) is 0. The number of aliphatic carboxylic acids is 1. The molecule has 1 N–H and O–H groups in total. The minimum Gasteiger partial charge on any atom is -0.481 e. The summed E-state index contributed by atoms with van der Waals surface area (Å²) >= 11 is 0. The van der Waals surface area contributed by atoms with E-state index in [0.29, 0.717) is 31.2 Å². The van der Waals surface area contributed by atoms with E-state index in [1.807, 2.05) is 13.8 Å². The molecule has 1 aromatic heterocycles. The van der Waals surface area contributed by atoms with Gasteiger partial charge in [0.2, 0.25) is 11.8 Å². The average molecular weight is 228 g/mol. The molecule has 0 spiro atoms. The molecule has 0 aliphatic rings. The summed E-state index contributed by atoms with van der Waals surface area (Å²) in [5.41, 5.74) is 0. The summed E-state index contributed by atoms with van der Waals surface area (Å²) in [4.78, 5) is 10.3. The lowest BCUT2D eigenvalue weighted by atomic mass is 10.2. The van der Waals surface area contributed by atoms with Gasteiger partial charge in [-0.3, -0.25) is 4.79 Å². The lowest BCUT2D eigenvalue weighted by Crippen LogP contribution is -2.02. The number of carboxylic acids is 1. The molecule has 1 rings (SSSR count). The summed E-state index contributed by atoms with van der Waals surface area (Å²) in [6.07, 6.45) is 1.21. The van der Waals surface area contributed by atoms with Gasteiger partial charge in [0.05, 0.1) is 6.10 Å². The van der Waals surface area contributed by atoms with Crippen LogP contribution in [0.15, 0.2) is 4.42 Å². The first kappa shape index (κ1) is 12.6. The van der Waals surface area contributed by atoms with E-state index in [1.54, 1.807) is 0 Å². The van der Waals surface area contributed by atoms with Gasteiger partial charge in [-0.15, -0.1) is 10.2 Å². The van der Waals surface area contributed by atoms with Crippen molar-refractivity contribution in [1.82, 2.24) is 10.2 Å². The van der Waals surface area contributed by atoms with E-state index in [0.717, 1.165) is 0 Å². The molecule has 6 heteroatoms. The topological polar surface area (TPSA) is 85.5 Å². The number of nitrogens with zero attached hydrogens (tertiary/aromatic N) is 2. The second kappa shape index (κ2) is 6.22. The highest BCUT2D eigenvalue weighted by Gasteiger charge is 2.07. The maximum Gasteiger partial charge on any atom is 0.303 e. The fraction of sp³-hybridized carbons (Fsp3) is 0.700. The van der Waals surface area contributed by atoms with Crippen molar-refractivity contribution in [2.45, 2.75) is 45.8 Å². The van der Waals surface area contributed by atoms with Crippen LogP contribution in [0, 0.1) is 0 Å². The first-order valence-electron chi connectivity index (χ1n) is 5.22. The molecule has 90 valence electrons. The maximum absolute atomic E-state index is 10.3. The molecule has 1 heterocycles. The first-order chi connectivity index (χ1) is 7.58. The first-order valence-corrected chi connectivity index (χ1v) is 5.22. The van der Waals surface area contributed by atoms with Crippen molar-refractivity contribution in [2.75, 3.05) is 0 Å². The molecule has 0 unspecified atom stereocenters. The molecular formula is C10H16N2O4. The Morgan fingerprint density at radius 2 is 2.12 bits per heavy atom. The summed E-state index contributed by atoms with van der Waals surface area (Å²) in [5, 5.41) is 16.1. The van der Waals surface area contributed by atoms with Gasteiger partial charge >= 0.3 is 5.97 Å². The fourth-order valence-corrected chi connectivity index (χ4v) is 1.08. The molecular weight excluding hydrogens is 212 g/mol. The molecule has 16 heavy (non-hydrogen) atoms. The molecule has 0 fully saturated rings. The number of aromatic nitrogens is 2. The van der Waals surface area contributed by atoms with E-state index in [2.05, 4.69) is 10.2 Å². The van der Waals surface area contributed by atoms with Crippen LogP contribution in [-0.4, -0.2) is 27.4 Å². The van der Waals surface area contributed by atoms with Crippen molar-refractivity contribution in [2.24, 2.45) is 0 Å². The SMILES string of the molecule is CC(C)OCc1nnc(CCCC(=O)O)o1. The van der Waals surface area contributed by atoms with Crippen molar-refractivity contribution in [3.63, 3.8) is 0 Å². The van der Waals surface area contributed by atoms with Gasteiger partial charge in [0, 0.05) is 12.8 Å². The third-order valence-corrected chi connectivity index (χ3v) is 1.83. The molecule has 0 atom stereocenters. The summed E-state index contributed by atoms with van der Waals surface area (Å²) in [6.45, 7) is 4.14. The van der Waals surface area contributed by atoms with Gasteiger partial charge in [-0.2, -0.15) is 0 Å². The van der Waals surface area contributed by atoms with Crippen molar-refractivity contribution < 1.29 is 19.1 Å². The summed E-state index contributed by atoms with van der Waals surface area (Å²) < 4.78 is 10.6. The quantitative estimate of drug-likeness (QED) is 0.759. The van der Waals surface area contributed by atoms with Crippen molar-refractivity contribution in [3.05, 3.63) is 11.8 Å². The Morgan fingerprint density at radius 3 is 2.75 bits per heavy atom. The maximum atomic E-state index is 10.3. The van der Waals surface area contributed by atoms with E-state index in [-0.39, 0.29) is 12.5 Å². The smallest absolute Gasteiger partial charge is 0.303 e. The number of rotatable bonds is 7. The highest BCUT2D eigenvalue weighted by atomic mass is 16.5. The van der Waals surface area contributed by atoms with Gasteiger partial charge in [0.25, 0.3) is 0 Å². The average Bonchev–Trinajstić information content (AvgIpc) is 2.62. The number of aryl methyl sites for hydroxylation is 1. The number of hydrogen-bond donors (Lipinski definition) is 1. The van der Waals surface area contributed by atoms with Gasteiger partial charge in [-0.1, -0.05) is 0 Å². The molecule has 6 nitrogen and oxygen atoms in total. The fourth-order valence-electron chi connectivity index (χ4n) is 1.08. The van der Waals surface area contributed by atoms with Gasteiger partial charge in [0.1, 0.15) is 6.61 Å². The summed E-state index contributed by atoms with van der Waals surface area (Å²) in [6, 6.07) is 0. The number of carbonyl (C=O) groups is 1. The van der Waals surface area contributed by atoms with Crippen LogP contribution in [0.5, 0.6) is 0 Å². The van der Waals surface area contributed by atoms with E-state index in [1.165, 1.54) is 0 Å². The standard InChI is InChI=1S/C10H16N2O4/c1-7(2)15-6-9-12-11-8(16-9)4-3-5-10(13)14/h7H,3-6H2,1-2H3,(H,13,14). The predicted octanol–water partition coefficient (Wildman–Crippen LogP) is 1.40. The number of hydrogen-bond acceptors (Lipinski definition) is 5. The highest BCUT2D eigenvalue weighted by Crippen LogP contribution is 2.06. The van der Waals surface area contributed by atoms with Crippen molar-refractivity contribution in [1.29, 1.82) is 0 Å². The van der Waals surface area contributed by atoms with E-state index < -0.39 is 5.97 Å². The van der Waals surface area contributed by atoms with Crippen molar-refractivity contribution in [3.8, 4) is 0 Å². The third kappa shape index (κ3) is 4.88. The van der Waals surface area contributed by atoms with Crippen LogP contribution in [-0.2, 0) is 22.6 Å². The van der Waals surface area contributed by atoms with Crippen LogP contribution in [0.3, 0.4) is 0 Å². The third-order valence-electron chi connectivity index (χ3n) is 1.83. The van der Waals surface area contributed by atoms with E-state index in [9.17, 15) is 4.79 Å². The zero-order valence-corrected chi connectivity index (χ0v) is 9.47. The zero-order valence-electron chi connectivity index (χ0n) is 9.47. The van der Waals surface area contributed by atoms with E-state index in [4.69, 9.17) is 14.3 Å². The Morgan fingerprint density at radius 1 is 1.44 bits per heavy atom. The minimum atomic E-state index is -0.817. The highest BCUT2D eigenvalue weighted by molar-refractivity contribution is 5.66. The minimum absolute atomic E-state index is 0.111. The van der Waals surface area contributed by atoms with Gasteiger partial charge in [-0.05, 0) is 20.3 Å². The van der Waals surface area contributed by atoms with Crippen LogP contribution < -0.4 is 0 Å². The molecule has 0 saturated carbocycles. The summed E-state index contributed by atoms with van der Waals surface area (Å²) in [5.74, 6) is 0.0745. The second-order valence-electron chi connectivity index (χ2n) is 3.70. The normalized spacial score (nSPS) is 10.9. The molecule has 0 saturated heterocycles. The Kier molecular flexibility index (Phi) is 4.91. The van der Waals surface area contributed by atoms with Gasteiger partial charge < -0.3 is 14.3 Å². The molecule has 0 radical (unpaired) electrons. The predicted molar refractivity (Wildman–Crippen MR) is 54.8 cm³/mol. The van der Waals surface area contributed by atoms with Crippen LogP contribution in [0.4, 0.5) is 0 Å². The molecule has 0 bridgehead atoms. The second-order valence-corrected chi connectivity index (χ2v) is 3.70. The molecule has 0 aromatic carbocycles. The Balaban J connectivity index is 2.30. The van der Waals surface area contributed by atoms with Crippen LogP contribution >= 0.6 is 0 Å². The van der Waals surface area contributed by atoms with Crippen LogP contribution in [0.2, 0.25) is 0 Å². The Bertz CT molecular complexity index is 335. The number of carboxylic acid groups (broad SMARTS) is 1. The monoisotopic (exact) mass is 228 g/mol. The lowest BCUT2D eigenvalue weighted by molar-refractivity contribution is -0.137. The Hall–Kier alpha value is -1.43. The van der Waals surface area contributed by atoms with Crippen molar-refractivity contribution >= 4 is 5.97 Å². The molecule has 0 amide bonds.